The van der Waals surface area contributed by atoms with Gasteiger partial charge in [0, 0.05) is 39.0 Å². The standard InChI is InChI=1S/C43H28N2OS/c1-3-11-29(12-4-1)30-21-25-33(26-22-30)45(32-13-5-2-6-14-32)34-27-23-31(24-28-34)35-15-9-16-36-41-37(17-10-19-39(41)46-42(35)36)43-44-38-18-7-8-20-40(38)47-43/h1-28H/i1D,2D,3D,4D,5D,6D,11D,12D,13D,14D,21D,22D,25D,26D. The summed E-state index contributed by atoms with van der Waals surface area (Å²) in [6.07, 6.45) is 0. The van der Waals surface area contributed by atoms with Crippen LogP contribution in [0.15, 0.2) is 174 Å². The third kappa shape index (κ3) is 4.87. The fourth-order valence-corrected chi connectivity index (χ4v) is 6.67. The lowest BCUT2D eigenvalue weighted by Gasteiger charge is -2.26. The number of benzene rings is 7. The van der Waals surface area contributed by atoms with E-state index in [-0.39, 0.29) is 5.69 Å². The maximum atomic E-state index is 9.21. The highest BCUT2D eigenvalue weighted by Gasteiger charge is 2.19. The number of anilines is 3. The van der Waals surface area contributed by atoms with Crippen molar-refractivity contribution in [2.75, 3.05) is 4.90 Å². The van der Waals surface area contributed by atoms with Crippen LogP contribution < -0.4 is 4.90 Å². The predicted molar refractivity (Wildman–Crippen MR) is 198 cm³/mol. The van der Waals surface area contributed by atoms with Crippen LogP contribution >= 0.6 is 11.3 Å². The van der Waals surface area contributed by atoms with Crippen molar-refractivity contribution in [3.63, 3.8) is 0 Å². The molecule has 47 heavy (non-hydrogen) atoms. The Balaban J connectivity index is 1.23. The van der Waals surface area contributed by atoms with Gasteiger partial charge in [-0.1, -0.05) is 115 Å². The molecular weight excluding hydrogens is 593 g/mol. The summed E-state index contributed by atoms with van der Waals surface area (Å²) in [5, 5.41) is 2.57. The highest BCUT2D eigenvalue weighted by Crippen LogP contribution is 2.43. The molecule has 9 aromatic rings. The minimum Gasteiger partial charge on any atom is -0.455 e. The van der Waals surface area contributed by atoms with Crippen LogP contribution in [0.5, 0.6) is 0 Å². The second-order valence-electron chi connectivity index (χ2n) is 10.5. The van der Waals surface area contributed by atoms with Gasteiger partial charge in [-0.15, -0.1) is 11.3 Å². The molecular formula is C43H28N2OS. The Bertz CT molecular complexity index is 3210. The van der Waals surface area contributed by atoms with Crippen LogP contribution in [-0.2, 0) is 0 Å². The molecule has 9 rings (SSSR count). The van der Waals surface area contributed by atoms with Gasteiger partial charge in [-0.2, -0.15) is 0 Å². The summed E-state index contributed by atoms with van der Waals surface area (Å²) in [6, 6.07) is 15.8. The van der Waals surface area contributed by atoms with Crippen molar-refractivity contribution >= 4 is 60.6 Å². The molecule has 7 aromatic carbocycles. The van der Waals surface area contributed by atoms with E-state index in [0.717, 1.165) is 36.5 Å². The predicted octanol–water partition coefficient (Wildman–Crippen LogP) is 12.7. The summed E-state index contributed by atoms with van der Waals surface area (Å²) in [7, 11) is 0. The molecule has 0 aliphatic rings. The van der Waals surface area contributed by atoms with Gasteiger partial charge >= 0.3 is 0 Å². The van der Waals surface area contributed by atoms with Crippen LogP contribution in [0, 0.1) is 0 Å². The van der Waals surface area contributed by atoms with Gasteiger partial charge in [-0.05, 0) is 71.2 Å². The third-order valence-electron chi connectivity index (χ3n) is 7.78. The number of thiazole rings is 1. The van der Waals surface area contributed by atoms with Crippen molar-refractivity contribution in [1.29, 1.82) is 0 Å². The zero-order chi connectivity index (χ0) is 43.3. The van der Waals surface area contributed by atoms with Crippen LogP contribution in [-0.4, -0.2) is 4.98 Å². The van der Waals surface area contributed by atoms with E-state index < -0.39 is 107 Å². The summed E-state index contributed by atoms with van der Waals surface area (Å²) < 4.78 is 128. The van der Waals surface area contributed by atoms with Gasteiger partial charge in [0.05, 0.1) is 29.4 Å². The maximum Gasteiger partial charge on any atom is 0.143 e. The number of hydrogen-bond donors (Lipinski definition) is 0. The Morgan fingerprint density at radius 2 is 1.23 bits per heavy atom. The molecule has 4 heteroatoms. The van der Waals surface area contributed by atoms with E-state index in [1.807, 2.05) is 60.7 Å². The van der Waals surface area contributed by atoms with Gasteiger partial charge in [0.25, 0.3) is 0 Å². The third-order valence-corrected chi connectivity index (χ3v) is 8.85. The van der Waals surface area contributed by atoms with Crippen molar-refractivity contribution in [2.24, 2.45) is 0 Å². The Morgan fingerprint density at radius 1 is 0.553 bits per heavy atom. The van der Waals surface area contributed by atoms with Crippen LogP contribution in [0.3, 0.4) is 0 Å². The normalized spacial score (nSPS) is 15.6. The Kier molecular flexibility index (Phi) is 4.03. The molecule has 3 nitrogen and oxygen atoms in total. The second kappa shape index (κ2) is 11.4. The van der Waals surface area contributed by atoms with Gasteiger partial charge in [0.15, 0.2) is 0 Å². The molecule has 2 aromatic heterocycles. The average Bonchev–Trinajstić information content (AvgIpc) is 3.88. The van der Waals surface area contributed by atoms with E-state index in [4.69, 9.17) is 25.9 Å². The first-order valence-corrected chi connectivity index (χ1v) is 15.4. The second-order valence-corrected chi connectivity index (χ2v) is 11.6. The largest absolute Gasteiger partial charge is 0.455 e. The van der Waals surface area contributed by atoms with Gasteiger partial charge in [-0.3, -0.25) is 0 Å². The number of hydrogen-bond acceptors (Lipinski definition) is 4. The van der Waals surface area contributed by atoms with E-state index in [0.29, 0.717) is 22.3 Å². The van der Waals surface area contributed by atoms with Crippen LogP contribution in [0.1, 0.15) is 19.2 Å². The van der Waals surface area contributed by atoms with Crippen LogP contribution in [0.25, 0.3) is 65.0 Å². The van der Waals surface area contributed by atoms with Crippen molar-refractivity contribution in [1.82, 2.24) is 4.98 Å². The molecule has 0 aliphatic heterocycles. The molecule has 0 saturated carbocycles. The number of furan rings is 1. The van der Waals surface area contributed by atoms with E-state index in [2.05, 4.69) is 0 Å². The smallest absolute Gasteiger partial charge is 0.143 e. The molecule has 0 N–H and O–H groups in total. The molecule has 222 valence electrons. The highest BCUT2D eigenvalue weighted by molar-refractivity contribution is 7.21. The minimum absolute atomic E-state index is 0.105. The zero-order valence-electron chi connectivity index (χ0n) is 38.3. The molecule has 0 aliphatic carbocycles. The first-order chi connectivity index (χ1) is 29.1. The van der Waals surface area contributed by atoms with E-state index in [9.17, 15) is 2.74 Å². The van der Waals surface area contributed by atoms with Gasteiger partial charge < -0.3 is 9.32 Å². The fraction of sp³-hybridized carbons (Fsp3) is 0. The van der Waals surface area contributed by atoms with Crippen molar-refractivity contribution < 1.29 is 23.6 Å². The molecule has 2 heterocycles. The van der Waals surface area contributed by atoms with Gasteiger partial charge in [0.2, 0.25) is 0 Å². The van der Waals surface area contributed by atoms with Gasteiger partial charge in [0.1, 0.15) is 16.2 Å². The number of aromatic nitrogens is 1. The first-order valence-electron chi connectivity index (χ1n) is 21.6. The van der Waals surface area contributed by atoms with Crippen LogP contribution in [0.2, 0.25) is 0 Å². The summed E-state index contributed by atoms with van der Waals surface area (Å²) in [6.45, 7) is 0. The Hall–Kier alpha value is -5.97. The fourth-order valence-electron chi connectivity index (χ4n) is 5.67. The highest BCUT2D eigenvalue weighted by atomic mass is 32.1. The molecule has 0 fully saturated rings. The quantitative estimate of drug-likeness (QED) is 0.182. The van der Waals surface area contributed by atoms with E-state index in [1.165, 1.54) is 0 Å². The van der Waals surface area contributed by atoms with Crippen molar-refractivity contribution in [3.8, 4) is 32.8 Å². The number of rotatable bonds is 6. The molecule has 0 bridgehead atoms. The lowest BCUT2D eigenvalue weighted by Crippen LogP contribution is -2.09. The monoisotopic (exact) mass is 634 g/mol. The number of fused-ring (bicyclic) bond motifs is 4. The SMILES string of the molecule is [2H]c1c([2H])c([2H])c(-c2c([2H])c([2H])c(N(c3ccc(-c4cccc5c4oc4cccc(-c6nc7ccccc7s6)c45)cc3)c3c([2H])c([2H])c([2H])c([2H])c3[2H])c([2H])c2[2H])c([2H])c1[2H]. The van der Waals surface area contributed by atoms with Gasteiger partial charge in [-0.25, -0.2) is 4.98 Å². The minimum atomic E-state index is -0.773. The summed E-state index contributed by atoms with van der Waals surface area (Å²) in [5.41, 5.74) is 2.45. The molecule has 0 amide bonds. The zero-order valence-corrected chi connectivity index (χ0v) is 25.1. The molecule has 0 spiro atoms. The van der Waals surface area contributed by atoms with Crippen molar-refractivity contribution in [2.45, 2.75) is 0 Å². The summed E-state index contributed by atoms with van der Waals surface area (Å²) in [4.78, 5) is 5.95. The molecule has 0 radical (unpaired) electrons. The summed E-state index contributed by atoms with van der Waals surface area (Å²) in [5.74, 6) is 0. The first kappa shape index (κ1) is 16.5. The van der Waals surface area contributed by atoms with E-state index >= 15 is 0 Å². The van der Waals surface area contributed by atoms with Crippen molar-refractivity contribution in [3.05, 3.63) is 170 Å². The Morgan fingerprint density at radius 3 is 2.02 bits per heavy atom. The summed E-state index contributed by atoms with van der Waals surface area (Å²) >= 11 is 1.58. The number of para-hydroxylation sites is 3. The van der Waals surface area contributed by atoms with E-state index in [1.54, 1.807) is 35.6 Å². The average molecular weight is 635 g/mol. The lowest BCUT2D eigenvalue weighted by atomic mass is 10.00. The topological polar surface area (TPSA) is 29.3 Å². The molecule has 0 saturated heterocycles. The van der Waals surface area contributed by atoms with Crippen LogP contribution in [0.4, 0.5) is 17.1 Å². The molecule has 0 atom stereocenters. The Labute approximate surface area is 296 Å². The molecule has 0 unspecified atom stereocenters. The lowest BCUT2D eigenvalue weighted by molar-refractivity contribution is 0.670. The number of nitrogens with zero attached hydrogens (tertiary/aromatic N) is 2. The maximum absolute atomic E-state index is 9.21.